The summed E-state index contributed by atoms with van der Waals surface area (Å²) in [7, 11) is 0. The zero-order valence-electron chi connectivity index (χ0n) is 8.14. The molecule has 0 saturated carbocycles. The number of rotatable bonds is 3. The number of nitriles is 1. The average Bonchev–Trinajstić information content (AvgIpc) is 2.26. The van der Waals surface area contributed by atoms with E-state index < -0.39 is 6.10 Å². The van der Waals surface area contributed by atoms with Crippen molar-refractivity contribution in [3.8, 4) is 6.07 Å². The molecule has 0 aliphatic carbocycles. The molecule has 72 valence electrons. The Morgan fingerprint density at radius 1 is 1.50 bits per heavy atom. The fraction of sp³-hybridized carbons (Fsp3) is 0.250. The van der Waals surface area contributed by atoms with Gasteiger partial charge in [-0.2, -0.15) is 5.26 Å². The highest BCUT2D eigenvalue weighted by Gasteiger charge is 2.03. The lowest BCUT2D eigenvalue weighted by Crippen LogP contribution is -1.94. The van der Waals surface area contributed by atoms with E-state index in [2.05, 4.69) is 0 Å². The van der Waals surface area contributed by atoms with Crippen LogP contribution in [-0.4, -0.2) is 5.11 Å². The Bertz CT molecular complexity index is 348. The number of aliphatic hydroxyl groups is 1. The van der Waals surface area contributed by atoms with Gasteiger partial charge in [0.1, 0.15) is 0 Å². The number of hydrogen-bond acceptors (Lipinski definition) is 2. The molecule has 0 heterocycles. The van der Waals surface area contributed by atoms with Crippen LogP contribution >= 0.6 is 0 Å². The molecule has 1 N–H and O–H groups in total. The van der Waals surface area contributed by atoms with Crippen LogP contribution in [0.25, 0.3) is 0 Å². The molecule has 0 amide bonds. The molecule has 2 heteroatoms. The van der Waals surface area contributed by atoms with Crippen molar-refractivity contribution < 1.29 is 5.11 Å². The summed E-state index contributed by atoms with van der Waals surface area (Å²) in [5.41, 5.74) is 1.52. The molecule has 0 aliphatic rings. The third kappa shape index (κ3) is 3.04. The summed E-state index contributed by atoms with van der Waals surface area (Å²) < 4.78 is 0. The van der Waals surface area contributed by atoms with E-state index in [0.717, 1.165) is 5.56 Å². The predicted octanol–water partition coefficient (Wildman–Crippen LogP) is 2.58. The van der Waals surface area contributed by atoms with Gasteiger partial charge in [0.15, 0.2) is 0 Å². The van der Waals surface area contributed by atoms with Crippen LogP contribution in [0.1, 0.15) is 25.0 Å². The minimum Gasteiger partial charge on any atom is -0.388 e. The molecule has 0 saturated heterocycles. The third-order valence-corrected chi connectivity index (χ3v) is 2.01. The van der Waals surface area contributed by atoms with E-state index in [4.69, 9.17) is 5.26 Å². The Morgan fingerprint density at radius 2 is 2.14 bits per heavy atom. The lowest BCUT2D eigenvalue weighted by molar-refractivity contribution is 0.181. The molecule has 1 rings (SSSR count). The molecular formula is C12H13NO. The fourth-order valence-corrected chi connectivity index (χ4v) is 1.15. The summed E-state index contributed by atoms with van der Waals surface area (Å²) in [5.74, 6) is 0. The summed E-state index contributed by atoms with van der Waals surface area (Å²) in [4.78, 5) is 0. The zero-order valence-corrected chi connectivity index (χ0v) is 8.14. The first-order valence-corrected chi connectivity index (χ1v) is 4.54. The second-order valence-corrected chi connectivity index (χ2v) is 3.16. The number of nitrogens with zero attached hydrogens (tertiary/aromatic N) is 1. The summed E-state index contributed by atoms with van der Waals surface area (Å²) >= 11 is 0. The first-order chi connectivity index (χ1) is 6.74. The van der Waals surface area contributed by atoms with Crippen molar-refractivity contribution in [3.05, 3.63) is 47.5 Å². The Kier molecular flexibility index (Phi) is 3.90. The molecule has 1 atom stereocenters. The van der Waals surface area contributed by atoms with E-state index in [1.165, 1.54) is 0 Å². The highest BCUT2D eigenvalue weighted by molar-refractivity contribution is 5.21. The van der Waals surface area contributed by atoms with Crippen molar-refractivity contribution in [3.63, 3.8) is 0 Å². The molecule has 0 aliphatic heterocycles. The fourth-order valence-electron chi connectivity index (χ4n) is 1.15. The third-order valence-electron chi connectivity index (χ3n) is 2.01. The van der Waals surface area contributed by atoms with Crippen molar-refractivity contribution in [1.82, 2.24) is 0 Å². The van der Waals surface area contributed by atoms with Crippen molar-refractivity contribution in [2.24, 2.45) is 0 Å². The van der Waals surface area contributed by atoms with E-state index >= 15 is 0 Å². The van der Waals surface area contributed by atoms with E-state index in [9.17, 15) is 5.11 Å². The molecule has 14 heavy (non-hydrogen) atoms. The second-order valence-electron chi connectivity index (χ2n) is 3.16. The van der Waals surface area contributed by atoms with Gasteiger partial charge in [-0.3, -0.25) is 0 Å². The van der Waals surface area contributed by atoms with E-state index in [1.54, 1.807) is 13.0 Å². The minimum absolute atomic E-state index is 0.489. The van der Waals surface area contributed by atoms with Crippen molar-refractivity contribution in [2.45, 2.75) is 19.4 Å². The largest absolute Gasteiger partial charge is 0.388 e. The second kappa shape index (κ2) is 5.21. The van der Waals surface area contributed by atoms with Crippen LogP contribution in [-0.2, 0) is 0 Å². The average molecular weight is 187 g/mol. The van der Waals surface area contributed by atoms with Crippen LogP contribution in [0.3, 0.4) is 0 Å². The Hall–Kier alpha value is -1.59. The molecule has 1 aromatic rings. The standard InChI is InChI=1S/C12H13NO/c1-10(9-13)7-8-12(14)11-5-3-2-4-6-11/h2-7,12,14H,8H2,1H3/b10-7-/t12-/m0/s1. The van der Waals surface area contributed by atoms with Crippen LogP contribution in [0.2, 0.25) is 0 Å². The molecule has 2 nitrogen and oxygen atoms in total. The van der Waals surface area contributed by atoms with Crippen LogP contribution in [0.15, 0.2) is 42.0 Å². The molecule has 0 aromatic heterocycles. The Morgan fingerprint density at radius 3 is 2.71 bits per heavy atom. The first kappa shape index (κ1) is 10.5. The van der Waals surface area contributed by atoms with Crippen molar-refractivity contribution >= 4 is 0 Å². The maximum Gasteiger partial charge on any atom is 0.0940 e. The van der Waals surface area contributed by atoms with Gasteiger partial charge in [-0.25, -0.2) is 0 Å². The number of hydrogen-bond donors (Lipinski definition) is 1. The van der Waals surface area contributed by atoms with Gasteiger partial charge >= 0.3 is 0 Å². The molecule has 0 fully saturated rings. The zero-order chi connectivity index (χ0) is 10.4. The highest BCUT2D eigenvalue weighted by atomic mass is 16.3. The maximum absolute atomic E-state index is 9.71. The van der Waals surface area contributed by atoms with Gasteiger partial charge in [-0.1, -0.05) is 36.4 Å². The Labute approximate surface area is 84.1 Å². The number of aliphatic hydroxyl groups excluding tert-OH is 1. The van der Waals surface area contributed by atoms with Gasteiger partial charge < -0.3 is 5.11 Å². The van der Waals surface area contributed by atoms with Crippen LogP contribution in [0.4, 0.5) is 0 Å². The molecule has 0 spiro atoms. The SMILES string of the molecule is C/C(C#N)=C/C[C@H](O)c1ccccc1. The highest BCUT2D eigenvalue weighted by Crippen LogP contribution is 2.16. The number of benzene rings is 1. The normalized spacial score (nSPS) is 13.4. The quantitative estimate of drug-likeness (QED) is 0.739. The van der Waals surface area contributed by atoms with Crippen molar-refractivity contribution in [2.75, 3.05) is 0 Å². The van der Waals surface area contributed by atoms with E-state index in [0.29, 0.717) is 12.0 Å². The van der Waals surface area contributed by atoms with Gasteiger partial charge in [0.05, 0.1) is 12.2 Å². The molecule has 1 aromatic carbocycles. The van der Waals surface area contributed by atoms with Gasteiger partial charge in [0.25, 0.3) is 0 Å². The van der Waals surface area contributed by atoms with Crippen molar-refractivity contribution in [1.29, 1.82) is 5.26 Å². The molecular weight excluding hydrogens is 174 g/mol. The number of allylic oxidation sites excluding steroid dienone is 1. The minimum atomic E-state index is -0.514. The summed E-state index contributed by atoms with van der Waals surface area (Å²) in [6, 6.07) is 11.5. The van der Waals surface area contributed by atoms with Crippen LogP contribution < -0.4 is 0 Å². The van der Waals surface area contributed by atoms with Gasteiger partial charge in [0, 0.05) is 5.57 Å². The lowest BCUT2D eigenvalue weighted by Gasteiger charge is -2.07. The molecule has 0 radical (unpaired) electrons. The summed E-state index contributed by atoms with van der Waals surface area (Å²) in [6.07, 6.45) is 1.72. The van der Waals surface area contributed by atoms with Gasteiger partial charge in [-0.05, 0) is 18.9 Å². The Balaban J connectivity index is 2.61. The summed E-state index contributed by atoms with van der Waals surface area (Å²) in [5, 5.41) is 18.2. The van der Waals surface area contributed by atoms with E-state index in [1.807, 2.05) is 36.4 Å². The maximum atomic E-state index is 9.71. The molecule has 0 bridgehead atoms. The topological polar surface area (TPSA) is 44.0 Å². The van der Waals surface area contributed by atoms with Gasteiger partial charge in [0.2, 0.25) is 0 Å². The lowest BCUT2D eigenvalue weighted by atomic mass is 10.1. The van der Waals surface area contributed by atoms with E-state index in [-0.39, 0.29) is 0 Å². The van der Waals surface area contributed by atoms with Crippen LogP contribution in [0, 0.1) is 11.3 Å². The van der Waals surface area contributed by atoms with Crippen LogP contribution in [0.5, 0.6) is 0 Å². The predicted molar refractivity (Wildman–Crippen MR) is 55.4 cm³/mol. The van der Waals surface area contributed by atoms with Gasteiger partial charge in [-0.15, -0.1) is 0 Å². The first-order valence-electron chi connectivity index (χ1n) is 4.54. The monoisotopic (exact) mass is 187 g/mol. The summed E-state index contributed by atoms with van der Waals surface area (Å²) in [6.45, 7) is 1.73. The smallest absolute Gasteiger partial charge is 0.0940 e. The molecule has 0 unspecified atom stereocenters.